The number of aromatic nitrogens is 1. The lowest BCUT2D eigenvalue weighted by Crippen LogP contribution is -2.40. The molecule has 2 heterocycles. The number of carbonyl (C=O) groups is 1. The fraction of sp³-hybridized carbons (Fsp3) is 0.444. The smallest absolute Gasteiger partial charge is 0.261 e. The number of H-pyrrole nitrogens is 1. The maximum atomic E-state index is 12.7. The molecule has 122 valence electrons. The van der Waals surface area contributed by atoms with E-state index in [4.69, 9.17) is 0 Å². The van der Waals surface area contributed by atoms with E-state index in [1.54, 1.807) is 6.07 Å². The summed E-state index contributed by atoms with van der Waals surface area (Å²) in [6.07, 6.45) is 3.17. The molecule has 0 bridgehead atoms. The molecule has 5 heteroatoms. The largest absolute Gasteiger partial charge is 0.338 e. The Morgan fingerprint density at radius 3 is 2.78 bits per heavy atom. The van der Waals surface area contributed by atoms with Gasteiger partial charge in [-0.3, -0.25) is 9.59 Å². The van der Waals surface area contributed by atoms with Crippen molar-refractivity contribution in [3.63, 3.8) is 0 Å². The van der Waals surface area contributed by atoms with Crippen molar-refractivity contribution in [1.29, 1.82) is 0 Å². The molecule has 0 saturated carbocycles. The molecule has 3 rings (SSSR count). The highest BCUT2D eigenvalue weighted by Crippen LogP contribution is 2.21. The van der Waals surface area contributed by atoms with Gasteiger partial charge in [-0.25, -0.2) is 0 Å². The van der Waals surface area contributed by atoms with Crippen molar-refractivity contribution in [3.05, 3.63) is 46.2 Å². The van der Waals surface area contributed by atoms with Gasteiger partial charge in [0.05, 0.1) is 0 Å². The van der Waals surface area contributed by atoms with E-state index in [2.05, 4.69) is 10.3 Å². The van der Waals surface area contributed by atoms with E-state index in [0.29, 0.717) is 5.92 Å². The fourth-order valence-corrected chi connectivity index (χ4v) is 3.25. The maximum Gasteiger partial charge on any atom is 0.261 e. The van der Waals surface area contributed by atoms with Gasteiger partial charge in [0.15, 0.2) is 0 Å². The standard InChI is InChI=1S/C18H23N3O2/c1-19-9-6-13-7-10-21(11-8-13)18(23)15-12-14-4-2-3-5-16(14)20-17(15)22/h2-5,12-13,19H,6-11H2,1H3,(H,20,22). The second kappa shape index (κ2) is 6.96. The topological polar surface area (TPSA) is 65.2 Å². The number of aromatic amines is 1. The molecule has 1 amide bonds. The van der Waals surface area contributed by atoms with E-state index < -0.39 is 0 Å². The van der Waals surface area contributed by atoms with Crippen molar-refractivity contribution in [1.82, 2.24) is 15.2 Å². The van der Waals surface area contributed by atoms with Crippen LogP contribution in [0.2, 0.25) is 0 Å². The third kappa shape index (κ3) is 3.45. The predicted octanol–water partition coefficient (Wildman–Crippen LogP) is 1.99. The van der Waals surface area contributed by atoms with Gasteiger partial charge in [-0.1, -0.05) is 18.2 Å². The van der Waals surface area contributed by atoms with Crippen LogP contribution < -0.4 is 10.9 Å². The first-order chi connectivity index (χ1) is 11.2. The van der Waals surface area contributed by atoms with Gasteiger partial charge >= 0.3 is 0 Å². The number of hydrogen-bond donors (Lipinski definition) is 2. The van der Waals surface area contributed by atoms with E-state index >= 15 is 0 Å². The van der Waals surface area contributed by atoms with Gasteiger partial charge in [0.25, 0.3) is 11.5 Å². The molecule has 0 aliphatic carbocycles. The van der Waals surface area contributed by atoms with Gasteiger partial charge in [-0.15, -0.1) is 0 Å². The van der Waals surface area contributed by atoms with E-state index in [1.165, 1.54) is 0 Å². The molecule has 2 aromatic rings. The molecule has 5 nitrogen and oxygen atoms in total. The highest BCUT2D eigenvalue weighted by molar-refractivity contribution is 5.97. The number of nitrogens with one attached hydrogen (secondary N) is 2. The molecule has 0 radical (unpaired) electrons. The summed E-state index contributed by atoms with van der Waals surface area (Å²) in [5.74, 6) is 0.519. The molecule has 1 aliphatic heterocycles. The number of rotatable bonds is 4. The number of piperidine rings is 1. The Labute approximate surface area is 135 Å². The molecular formula is C18H23N3O2. The molecule has 2 N–H and O–H groups in total. The van der Waals surface area contributed by atoms with Gasteiger partial charge in [-0.2, -0.15) is 0 Å². The van der Waals surface area contributed by atoms with Gasteiger partial charge in [0.1, 0.15) is 5.56 Å². The number of likely N-dealkylation sites (tertiary alicyclic amines) is 1. The van der Waals surface area contributed by atoms with Crippen LogP contribution in [-0.2, 0) is 0 Å². The highest BCUT2D eigenvalue weighted by atomic mass is 16.2. The molecule has 1 aromatic carbocycles. The van der Waals surface area contributed by atoms with Gasteiger partial charge in [-0.05, 0) is 56.3 Å². The molecule has 0 spiro atoms. The zero-order chi connectivity index (χ0) is 16.2. The van der Waals surface area contributed by atoms with Crippen molar-refractivity contribution in [2.45, 2.75) is 19.3 Å². The van der Waals surface area contributed by atoms with Crippen LogP contribution in [0.1, 0.15) is 29.6 Å². The first kappa shape index (κ1) is 15.7. The lowest BCUT2D eigenvalue weighted by atomic mass is 9.93. The van der Waals surface area contributed by atoms with Crippen LogP contribution in [0.25, 0.3) is 10.9 Å². The maximum absolute atomic E-state index is 12.7. The number of fused-ring (bicyclic) bond motifs is 1. The van der Waals surface area contributed by atoms with Crippen molar-refractivity contribution >= 4 is 16.8 Å². The average Bonchev–Trinajstić information content (AvgIpc) is 2.59. The zero-order valence-electron chi connectivity index (χ0n) is 13.5. The van der Waals surface area contributed by atoms with Crippen LogP contribution in [0.3, 0.4) is 0 Å². The normalized spacial score (nSPS) is 16.0. The first-order valence-electron chi connectivity index (χ1n) is 8.25. The summed E-state index contributed by atoms with van der Waals surface area (Å²) < 4.78 is 0. The Balaban J connectivity index is 1.74. The monoisotopic (exact) mass is 313 g/mol. The first-order valence-corrected chi connectivity index (χ1v) is 8.25. The number of pyridine rings is 1. The van der Waals surface area contributed by atoms with Gasteiger partial charge in [0, 0.05) is 18.6 Å². The Kier molecular flexibility index (Phi) is 4.76. The fourth-order valence-electron chi connectivity index (χ4n) is 3.25. The summed E-state index contributed by atoms with van der Waals surface area (Å²) in [7, 11) is 1.96. The molecule has 1 saturated heterocycles. The number of carbonyl (C=O) groups excluding carboxylic acids is 1. The second-order valence-electron chi connectivity index (χ2n) is 6.23. The Morgan fingerprint density at radius 2 is 2.04 bits per heavy atom. The third-order valence-electron chi connectivity index (χ3n) is 4.69. The second-order valence-corrected chi connectivity index (χ2v) is 6.23. The summed E-state index contributed by atoms with van der Waals surface area (Å²) in [6, 6.07) is 9.24. The minimum absolute atomic E-state index is 0.149. The van der Waals surface area contributed by atoms with Crippen LogP contribution in [0.15, 0.2) is 35.1 Å². The number of benzene rings is 1. The number of amides is 1. The molecular weight excluding hydrogens is 290 g/mol. The van der Waals surface area contributed by atoms with E-state index in [9.17, 15) is 9.59 Å². The van der Waals surface area contributed by atoms with Crippen LogP contribution in [0, 0.1) is 5.92 Å². The highest BCUT2D eigenvalue weighted by Gasteiger charge is 2.25. The van der Waals surface area contributed by atoms with Crippen LogP contribution in [-0.4, -0.2) is 42.5 Å². The molecule has 0 unspecified atom stereocenters. The Hall–Kier alpha value is -2.14. The molecule has 0 atom stereocenters. The zero-order valence-corrected chi connectivity index (χ0v) is 13.5. The Bertz CT molecular complexity index is 745. The van der Waals surface area contributed by atoms with E-state index in [1.807, 2.05) is 36.2 Å². The SMILES string of the molecule is CNCCC1CCN(C(=O)c2cc3ccccc3[nH]c2=O)CC1. The van der Waals surface area contributed by atoms with Crippen molar-refractivity contribution in [2.75, 3.05) is 26.7 Å². The van der Waals surface area contributed by atoms with Crippen LogP contribution in [0.5, 0.6) is 0 Å². The van der Waals surface area contributed by atoms with Crippen LogP contribution in [0.4, 0.5) is 0 Å². The summed E-state index contributed by atoms with van der Waals surface area (Å²) >= 11 is 0. The van der Waals surface area contributed by atoms with Gasteiger partial charge < -0.3 is 15.2 Å². The predicted molar refractivity (Wildman–Crippen MR) is 91.7 cm³/mol. The number of para-hydroxylation sites is 1. The summed E-state index contributed by atoms with van der Waals surface area (Å²) in [5, 5.41) is 4.06. The average molecular weight is 313 g/mol. The van der Waals surface area contributed by atoms with Crippen molar-refractivity contribution < 1.29 is 4.79 Å². The quantitative estimate of drug-likeness (QED) is 0.907. The molecule has 1 aromatic heterocycles. The van der Waals surface area contributed by atoms with Crippen molar-refractivity contribution in [2.24, 2.45) is 5.92 Å². The minimum atomic E-state index is -0.300. The number of hydrogen-bond acceptors (Lipinski definition) is 3. The molecule has 1 aliphatic rings. The lowest BCUT2D eigenvalue weighted by Gasteiger charge is -2.32. The lowest BCUT2D eigenvalue weighted by molar-refractivity contribution is 0.0685. The van der Waals surface area contributed by atoms with E-state index in [-0.39, 0.29) is 17.0 Å². The summed E-state index contributed by atoms with van der Waals surface area (Å²) in [4.78, 5) is 29.5. The molecule has 1 fully saturated rings. The van der Waals surface area contributed by atoms with E-state index in [0.717, 1.165) is 49.8 Å². The van der Waals surface area contributed by atoms with Gasteiger partial charge in [0.2, 0.25) is 0 Å². The summed E-state index contributed by atoms with van der Waals surface area (Å²) in [5.41, 5.74) is 0.711. The number of nitrogens with zero attached hydrogens (tertiary/aromatic N) is 1. The molecule has 23 heavy (non-hydrogen) atoms. The van der Waals surface area contributed by atoms with Crippen LogP contribution >= 0.6 is 0 Å². The Morgan fingerprint density at radius 1 is 1.30 bits per heavy atom. The minimum Gasteiger partial charge on any atom is -0.338 e. The van der Waals surface area contributed by atoms with Crippen molar-refractivity contribution in [3.8, 4) is 0 Å². The summed E-state index contributed by atoms with van der Waals surface area (Å²) in [6.45, 7) is 2.49. The third-order valence-corrected chi connectivity index (χ3v) is 4.69.